The number of nitrogens with zero attached hydrogens (tertiary/aromatic N) is 3. The molecule has 0 unspecified atom stereocenters. The van der Waals surface area contributed by atoms with Gasteiger partial charge in [0.05, 0.1) is 53.1 Å². The zero-order chi connectivity index (χ0) is 27.0. The summed E-state index contributed by atoms with van der Waals surface area (Å²) in [6.45, 7) is 0.772. The number of aromatic nitrogens is 2. The number of nitrogens with one attached hydrogen (secondary N) is 1. The summed E-state index contributed by atoms with van der Waals surface area (Å²) in [4.78, 5) is 12.0. The molecule has 9 nitrogen and oxygen atoms in total. The number of amides is 1. The second-order valence-electron chi connectivity index (χ2n) is 9.40. The van der Waals surface area contributed by atoms with E-state index in [1.54, 1.807) is 6.20 Å². The van der Waals surface area contributed by atoms with Gasteiger partial charge in [-0.1, -0.05) is 6.07 Å². The number of nitriles is 1. The first-order chi connectivity index (χ1) is 17.4. The number of benzene rings is 1. The standard InChI is InChI=1S/C24H27F3N4O5S/c1-35-8-7-31-13-16(12-29-31)15-3-4-21(19(9-15)24(25,26)27)37(33,34)17-10-18(20(11-17)36-2)22(32)30-23(14-28)5-6-23/h3-4,9,12-13,17-18,20H,5-8,10-11H2,1-2H3,(H,30,32)/t17-,18-,20-/m1/s1. The third-order valence-corrected chi connectivity index (χ3v) is 9.18. The SMILES string of the molecule is COCCn1cc(-c2ccc(S(=O)(=O)[C@H]3C[C@@H](OC)[C@H](C(=O)NC4(C#N)CC4)C3)c(C(F)(F)F)c2)cn1. The smallest absolute Gasteiger partial charge is 0.383 e. The minimum Gasteiger partial charge on any atom is -0.383 e. The van der Waals surface area contributed by atoms with Gasteiger partial charge in [-0.3, -0.25) is 9.48 Å². The maximum Gasteiger partial charge on any atom is 0.417 e. The third-order valence-electron chi connectivity index (χ3n) is 6.95. The number of carbonyl (C=O) groups excluding carboxylic acids is 1. The molecule has 1 amide bonds. The van der Waals surface area contributed by atoms with Crippen LogP contribution >= 0.6 is 0 Å². The molecule has 1 aromatic carbocycles. The van der Waals surface area contributed by atoms with Crippen molar-refractivity contribution in [2.45, 2.75) is 60.2 Å². The highest BCUT2D eigenvalue weighted by Gasteiger charge is 2.51. The van der Waals surface area contributed by atoms with E-state index in [-0.39, 0.29) is 18.4 Å². The fraction of sp³-hybridized carbons (Fsp3) is 0.542. The quantitative estimate of drug-likeness (QED) is 0.519. The lowest BCUT2D eigenvalue weighted by Gasteiger charge is -2.19. The summed E-state index contributed by atoms with van der Waals surface area (Å²) < 4.78 is 81.1. The molecule has 1 N–H and O–H groups in total. The minimum atomic E-state index is -4.94. The molecule has 3 atom stereocenters. The summed E-state index contributed by atoms with van der Waals surface area (Å²) in [7, 11) is -1.65. The highest BCUT2D eigenvalue weighted by Crippen LogP contribution is 2.43. The van der Waals surface area contributed by atoms with Crippen LogP contribution in [-0.4, -0.2) is 61.8 Å². The number of ether oxygens (including phenoxy) is 2. The molecule has 0 radical (unpaired) electrons. The molecule has 200 valence electrons. The fourth-order valence-electron chi connectivity index (χ4n) is 4.64. The zero-order valence-electron chi connectivity index (χ0n) is 20.3. The monoisotopic (exact) mass is 540 g/mol. The Morgan fingerprint density at radius 1 is 1.27 bits per heavy atom. The summed E-state index contributed by atoms with van der Waals surface area (Å²) in [5, 5.41) is 14.7. The van der Waals surface area contributed by atoms with Crippen LogP contribution in [0.5, 0.6) is 0 Å². The number of hydrogen-bond donors (Lipinski definition) is 1. The van der Waals surface area contributed by atoms with Crippen molar-refractivity contribution in [2.75, 3.05) is 20.8 Å². The van der Waals surface area contributed by atoms with Crippen molar-refractivity contribution in [1.29, 1.82) is 5.26 Å². The topological polar surface area (TPSA) is 123 Å². The molecule has 1 aromatic heterocycles. The Morgan fingerprint density at radius 3 is 2.59 bits per heavy atom. The molecule has 0 aliphatic heterocycles. The van der Waals surface area contributed by atoms with Crippen LogP contribution in [0.2, 0.25) is 0 Å². The van der Waals surface area contributed by atoms with Gasteiger partial charge in [-0.2, -0.15) is 23.5 Å². The molecule has 2 aliphatic carbocycles. The summed E-state index contributed by atoms with van der Waals surface area (Å²) in [5.41, 5.74) is -1.67. The first-order valence-corrected chi connectivity index (χ1v) is 13.2. The lowest BCUT2D eigenvalue weighted by Crippen LogP contribution is -2.42. The van der Waals surface area contributed by atoms with E-state index in [2.05, 4.69) is 10.4 Å². The summed E-state index contributed by atoms with van der Waals surface area (Å²) in [6.07, 6.45) is -2.15. The Hall–Kier alpha value is -2.95. The second kappa shape index (κ2) is 10.1. The maximum atomic E-state index is 14.1. The van der Waals surface area contributed by atoms with Crippen LogP contribution in [0.3, 0.4) is 0 Å². The van der Waals surface area contributed by atoms with Gasteiger partial charge in [-0.05, 0) is 43.4 Å². The first kappa shape index (κ1) is 27.1. The average Bonchev–Trinajstić information content (AvgIpc) is 3.27. The molecular formula is C24H27F3N4O5S. The van der Waals surface area contributed by atoms with Crippen molar-refractivity contribution in [3.05, 3.63) is 36.2 Å². The summed E-state index contributed by atoms with van der Waals surface area (Å²) in [5.74, 6) is -1.43. The number of sulfone groups is 1. The molecule has 2 fully saturated rings. The third kappa shape index (κ3) is 5.51. The molecule has 2 aromatic rings. The Balaban J connectivity index is 1.62. The summed E-state index contributed by atoms with van der Waals surface area (Å²) >= 11 is 0. The van der Waals surface area contributed by atoms with E-state index < -0.39 is 55.2 Å². The van der Waals surface area contributed by atoms with E-state index in [1.165, 1.54) is 31.2 Å². The Kier molecular flexibility index (Phi) is 7.38. The van der Waals surface area contributed by atoms with Gasteiger partial charge in [-0.25, -0.2) is 8.42 Å². The van der Waals surface area contributed by atoms with E-state index in [4.69, 9.17) is 9.47 Å². The van der Waals surface area contributed by atoms with E-state index in [0.717, 1.165) is 12.1 Å². The maximum absolute atomic E-state index is 14.1. The van der Waals surface area contributed by atoms with Gasteiger partial charge in [0.2, 0.25) is 5.91 Å². The molecule has 2 saturated carbocycles. The van der Waals surface area contributed by atoms with E-state index in [1.807, 2.05) is 6.07 Å². The number of alkyl halides is 3. The minimum absolute atomic E-state index is 0.137. The van der Waals surface area contributed by atoms with Crippen LogP contribution in [-0.2, 0) is 36.8 Å². The molecule has 0 bridgehead atoms. The van der Waals surface area contributed by atoms with E-state index in [0.29, 0.717) is 31.6 Å². The normalized spacial score (nSPS) is 23.0. The number of carbonyl (C=O) groups is 1. The predicted molar refractivity (Wildman–Crippen MR) is 125 cm³/mol. The van der Waals surface area contributed by atoms with Crippen LogP contribution < -0.4 is 5.32 Å². The van der Waals surface area contributed by atoms with Crippen molar-refractivity contribution < 1.29 is 35.9 Å². The van der Waals surface area contributed by atoms with Crippen molar-refractivity contribution >= 4 is 15.7 Å². The van der Waals surface area contributed by atoms with Gasteiger partial charge in [0.25, 0.3) is 0 Å². The Bertz CT molecular complexity index is 1310. The number of hydrogen-bond acceptors (Lipinski definition) is 7. The lowest BCUT2D eigenvalue weighted by molar-refractivity contribution is -0.139. The van der Waals surface area contributed by atoms with Crippen LogP contribution in [0.25, 0.3) is 11.1 Å². The van der Waals surface area contributed by atoms with Crippen molar-refractivity contribution in [3.63, 3.8) is 0 Å². The number of halogens is 3. The molecule has 2 aliphatic rings. The Morgan fingerprint density at radius 2 is 2.00 bits per heavy atom. The molecule has 1 heterocycles. The van der Waals surface area contributed by atoms with Crippen LogP contribution in [0, 0.1) is 17.2 Å². The highest BCUT2D eigenvalue weighted by atomic mass is 32.2. The lowest BCUT2D eigenvalue weighted by atomic mass is 10.0. The molecule has 37 heavy (non-hydrogen) atoms. The molecule has 13 heteroatoms. The van der Waals surface area contributed by atoms with Gasteiger partial charge in [0.1, 0.15) is 5.54 Å². The van der Waals surface area contributed by atoms with Crippen molar-refractivity contribution in [2.24, 2.45) is 5.92 Å². The molecule has 0 spiro atoms. The molecule has 0 saturated heterocycles. The highest BCUT2D eigenvalue weighted by molar-refractivity contribution is 7.92. The van der Waals surface area contributed by atoms with Crippen LogP contribution in [0.15, 0.2) is 35.5 Å². The van der Waals surface area contributed by atoms with E-state index in [9.17, 15) is 31.6 Å². The van der Waals surface area contributed by atoms with Gasteiger partial charge in [-0.15, -0.1) is 0 Å². The first-order valence-electron chi connectivity index (χ1n) is 11.7. The predicted octanol–water partition coefficient (Wildman–Crippen LogP) is 2.95. The van der Waals surface area contributed by atoms with Crippen molar-refractivity contribution in [3.8, 4) is 17.2 Å². The zero-order valence-corrected chi connectivity index (χ0v) is 21.1. The largest absolute Gasteiger partial charge is 0.417 e. The van der Waals surface area contributed by atoms with Crippen molar-refractivity contribution in [1.82, 2.24) is 15.1 Å². The molecular weight excluding hydrogens is 513 g/mol. The van der Waals surface area contributed by atoms with Gasteiger partial charge < -0.3 is 14.8 Å². The van der Waals surface area contributed by atoms with Gasteiger partial charge in [0, 0.05) is 26.0 Å². The van der Waals surface area contributed by atoms with Gasteiger partial charge in [0.15, 0.2) is 9.84 Å². The Labute approximate surface area is 212 Å². The number of methoxy groups -OCH3 is 2. The summed E-state index contributed by atoms with van der Waals surface area (Å²) in [6, 6.07) is 5.12. The fourth-order valence-corrected chi connectivity index (χ4v) is 6.64. The van der Waals surface area contributed by atoms with Crippen LogP contribution in [0.4, 0.5) is 13.2 Å². The van der Waals surface area contributed by atoms with Crippen LogP contribution in [0.1, 0.15) is 31.2 Å². The van der Waals surface area contributed by atoms with Gasteiger partial charge >= 0.3 is 6.18 Å². The second-order valence-corrected chi connectivity index (χ2v) is 11.6. The number of rotatable bonds is 9. The molecule has 4 rings (SSSR count). The van der Waals surface area contributed by atoms with E-state index >= 15 is 0 Å². The average molecular weight is 541 g/mol.